The molecule has 0 amide bonds. The van der Waals surface area contributed by atoms with Gasteiger partial charge in [-0.3, -0.25) is 0 Å². The van der Waals surface area contributed by atoms with Crippen molar-refractivity contribution in [1.29, 1.82) is 0 Å². The first-order valence-electron chi connectivity index (χ1n) is 4.08. The fourth-order valence-corrected chi connectivity index (χ4v) is 2.85. The van der Waals surface area contributed by atoms with E-state index >= 15 is 0 Å². The third-order valence-electron chi connectivity index (χ3n) is 1.98. The average molecular weight is 215 g/mol. The number of thiophene rings is 1. The Morgan fingerprint density at radius 3 is 2.92 bits per heavy atom. The maximum Gasteiger partial charge on any atom is 0.124 e. The number of benzene rings is 1. The normalized spacial score (nSPS) is 11.0. The lowest BCUT2D eigenvalue weighted by molar-refractivity contribution is 0.630. The van der Waals surface area contributed by atoms with Gasteiger partial charge in [-0.1, -0.05) is 18.5 Å². The number of fused-ring (bicyclic) bond motifs is 1. The van der Waals surface area contributed by atoms with Crippen molar-refractivity contribution in [3.63, 3.8) is 0 Å². The molecule has 0 spiro atoms. The van der Waals surface area contributed by atoms with Crippen LogP contribution in [-0.2, 0) is 6.42 Å². The highest BCUT2D eigenvalue weighted by molar-refractivity contribution is 7.19. The van der Waals surface area contributed by atoms with Crippen LogP contribution < -0.4 is 0 Å². The van der Waals surface area contributed by atoms with Gasteiger partial charge in [0.05, 0.1) is 5.02 Å². The Hall–Kier alpha value is -0.600. The molecule has 2 rings (SSSR count). The molecule has 0 saturated carbocycles. The molecule has 1 aromatic heterocycles. The van der Waals surface area contributed by atoms with Crippen molar-refractivity contribution in [3.8, 4) is 0 Å². The Morgan fingerprint density at radius 2 is 2.23 bits per heavy atom. The van der Waals surface area contributed by atoms with Gasteiger partial charge in [0.1, 0.15) is 5.82 Å². The Labute approximate surface area is 85.0 Å². The summed E-state index contributed by atoms with van der Waals surface area (Å²) in [7, 11) is 0. The zero-order valence-electron chi connectivity index (χ0n) is 7.10. The van der Waals surface area contributed by atoms with Gasteiger partial charge in [0, 0.05) is 15.0 Å². The second-order valence-electron chi connectivity index (χ2n) is 2.83. The third-order valence-corrected chi connectivity index (χ3v) is 3.82. The number of hydrogen-bond acceptors (Lipinski definition) is 1. The summed E-state index contributed by atoms with van der Waals surface area (Å²) in [6, 6.07) is 4.72. The van der Waals surface area contributed by atoms with Crippen molar-refractivity contribution in [1.82, 2.24) is 0 Å². The van der Waals surface area contributed by atoms with E-state index in [0.717, 1.165) is 26.4 Å². The van der Waals surface area contributed by atoms with Gasteiger partial charge in [-0.25, -0.2) is 4.39 Å². The lowest BCUT2D eigenvalue weighted by Crippen LogP contribution is -1.71. The molecule has 1 aromatic carbocycles. The Bertz CT molecular complexity index is 447. The first-order valence-corrected chi connectivity index (χ1v) is 5.28. The van der Waals surface area contributed by atoms with Gasteiger partial charge in [-0.2, -0.15) is 0 Å². The summed E-state index contributed by atoms with van der Waals surface area (Å²) in [4.78, 5) is 1.13. The minimum atomic E-state index is -0.201. The molecule has 0 unspecified atom stereocenters. The molecule has 0 nitrogen and oxygen atoms in total. The second kappa shape index (κ2) is 3.28. The summed E-state index contributed by atoms with van der Waals surface area (Å²) in [6.07, 6.45) is 0.903. The molecule has 0 aliphatic rings. The molecular weight excluding hydrogens is 207 g/mol. The first-order chi connectivity index (χ1) is 6.22. The molecule has 0 bridgehead atoms. The summed E-state index contributed by atoms with van der Waals surface area (Å²) >= 11 is 7.66. The molecule has 0 aliphatic carbocycles. The van der Waals surface area contributed by atoms with E-state index in [1.807, 2.05) is 6.92 Å². The van der Waals surface area contributed by atoms with Crippen molar-refractivity contribution in [2.75, 3.05) is 0 Å². The summed E-state index contributed by atoms with van der Waals surface area (Å²) in [5, 5.41) is 1.74. The summed E-state index contributed by atoms with van der Waals surface area (Å²) < 4.78 is 13.8. The second-order valence-corrected chi connectivity index (χ2v) is 4.35. The third kappa shape index (κ3) is 1.45. The van der Waals surface area contributed by atoms with Crippen LogP contribution in [0.1, 0.15) is 11.8 Å². The van der Waals surface area contributed by atoms with Crippen molar-refractivity contribution < 1.29 is 4.39 Å². The highest BCUT2D eigenvalue weighted by atomic mass is 35.5. The van der Waals surface area contributed by atoms with E-state index in [9.17, 15) is 4.39 Å². The number of halogens is 2. The molecule has 0 radical (unpaired) electrons. The minimum Gasteiger partial charge on any atom is -0.207 e. The summed E-state index contributed by atoms with van der Waals surface area (Å²) in [5.74, 6) is -0.201. The molecule has 13 heavy (non-hydrogen) atoms. The monoisotopic (exact) mass is 214 g/mol. The van der Waals surface area contributed by atoms with Gasteiger partial charge in [0.2, 0.25) is 0 Å². The van der Waals surface area contributed by atoms with E-state index in [0.29, 0.717) is 0 Å². The number of aryl methyl sites for hydroxylation is 1. The number of hydrogen-bond donors (Lipinski definition) is 0. The molecule has 68 valence electrons. The zero-order chi connectivity index (χ0) is 9.42. The van der Waals surface area contributed by atoms with Crippen LogP contribution in [0.4, 0.5) is 4.39 Å². The smallest absolute Gasteiger partial charge is 0.124 e. The quantitative estimate of drug-likeness (QED) is 0.666. The SMILES string of the molecule is CCc1sc2cc(F)ccc2c1Cl. The molecule has 0 aliphatic heterocycles. The van der Waals surface area contributed by atoms with Gasteiger partial charge in [-0.15, -0.1) is 11.3 Å². The van der Waals surface area contributed by atoms with Crippen molar-refractivity contribution in [2.24, 2.45) is 0 Å². The van der Waals surface area contributed by atoms with Crippen LogP contribution in [0.2, 0.25) is 5.02 Å². The largest absolute Gasteiger partial charge is 0.207 e. The van der Waals surface area contributed by atoms with E-state index in [1.54, 1.807) is 17.4 Å². The number of rotatable bonds is 1. The molecule has 3 heteroatoms. The van der Waals surface area contributed by atoms with Crippen LogP contribution in [-0.4, -0.2) is 0 Å². The fourth-order valence-electron chi connectivity index (χ4n) is 1.32. The Kier molecular flexibility index (Phi) is 2.26. The van der Waals surface area contributed by atoms with Crippen LogP contribution in [0, 0.1) is 5.82 Å². The van der Waals surface area contributed by atoms with Gasteiger partial charge < -0.3 is 0 Å². The predicted octanol–water partition coefficient (Wildman–Crippen LogP) is 4.26. The van der Waals surface area contributed by atoms with Gasteiger partial charge in [0.25, 0.3) is 0 Å². The predicted molar refractivity (Wildman–Crippen MR) is 56.2 cm³/mol. The van der Waals surface area contributed by atoms with Gasteiger partial charge >= 0.3 is 0 Å². The maximum absolute atomic E-state index is 12.8. The summed E-state index contributed by atoms with van der Waals surface area (Å²) in [6.45, 7) is 2.05. The maximum atomic E-state index is 12.8. The highest BCUT2D eigenvalue weighted by Gasteiger charge is 2.08. The molecule has 0 saturated heterocycles. The van der Waals surface area contributed by atoms with E-state index in [-0.39, 0.29) is 5.82 Å². The topological polar surface area (TPSA) is 0 Å². The van der Waals surface area contributed by atoms with Crippen LogP contribution in [0.3, 0.4) is 0 Å². The van der Waals surface area contributed by atoms with Crippen LogP contribution in [0.25, 0.3) is 10.1 Å². The van der Waals surface area contributed by atoms with Crippen molar-refractivity contribution in [2.45, 2.75) is 13.3 Å². The van der Waals surface area contributed by atoms with Crippen molar-refractivity contribution >= 4 is 33.0 Å². The molecule has 0 fully saturated rings. The Balaban J connectivity index is 2.76. The van der Waals surface area contributed by atoms with Crippen LogP contribution in [0.5, 0.6) is 0 Å². The molecule has 1 heterocycles. The molecule has 0 N–H and O–H groups in total. The van der Waals surface area contributed by atoms with E-state index in [2.05, 4.69) is 0 Å². The van der Waals surface area contributed by atoms with E-state index in [4.69, 9.17) is 11.6 Å². The summed E-state index contributed by atoms with van der Waals surface area (Å²) in [5.41, 5.74) is 0. The van der Waals surface area contributed by atoms with Crippen LogP contribution >= 0.6 is 22.9 Å². The lowest BCUT2D eigenvalue weighted by Gasteiger charge is -1.90. The standard InChI is InChI=1S/C10H8ClFS/c1-2-8-10(11)7-4-3-6(12)5-9(7)13-8/h3-5H,2H2,1H3. The van der Waals surface area contributed by atoms with Crippen molar-refractivity contribution in [3.05, 3.63) is 33.9 Å². The zero-order valence-corrected chi connectivity index (χ0v) is 8.68. The molecule has 0 atom stereocenters. The highest BCUT2D eigenvalue weighted by Crippen LogP contribution is 2.35. The molecule has 2 aromatic rings. The molecular formula is C10H8ClFS. The Morgan fingerprint density at radius 1 is 1.46 bits per heavy atom. The first kappa shape index (κ1) is 8.97. The van der Waals surface area contributed by atoms with E-state index in [1.165, 1.54) is 12.1 Å². The average Bonchev–Trinajstić information content (AvgIpc) is 2.42. The lowest BCUT2D eigenvalue weighted by atomic mass is 10.2. The van der Waals surface area contributed by atoms with Crippen LogP contribution in [0.15, 0.2) is 18.2 Å². The van der Waals surface area contributed by atoms with Gasteiger partial charge in [0.15, 0.2) is 0 Å². The van der Waals surface area contributed by atoms with Gasteiger partial charge in [-0.05, 0) is 24.6 Å². The fraction of sp³-hybridized carbons (Fsp3) is 0.200. The van der Waals surface area contributed by atoms with E-state index < -0.39 is 0 Å². The minimum absolute atomic E-state index is 0.201.